The molecule has 0 atom stereocenters. The minimum Gasteiger partial charge on any atom is -0.366 e. The standard InChI is InChI=1S/C14H16ClN3/c1-9-5-4-6-12(7-9)8-16-14-10(2)13(15)17-11(3)18-14/h4-7H,8H2,1-3H3,(H,16,17,18). The molecule has 1 N–H and O–H groups in total. The first kappa shape index (κ1) is 12.8. The van der Waals surface area contributed by atoms with Gasteiger partial charge in [-0.25, -0.2) is 9.97 Å². The molecule has 0 aliphatic rings. The third kappa shape index (κ3) is 2.99. The van der Waals surface area contributed by atoms with E-state index in [2.05, 4.69) is 46.5 Å². The summed E-state index contributed by atoms with van der Waals surface area (Å²) in [6.07, 6.45) is 0. The quantitative estimate of drug-likeness (QED) is 0.857. The average molecular weight is 262 g/mol. The Kier molecular flexibility index (Phi) is 3.82. The Morgan fingerprint density at radius 3 is 2.67 bits per heavy atom. The van der Waals surface area contributed by atoms with Gasteiger partial charge in [-0.15, -0.1) is 0 Å². The van der Waals surface area contributed by atoms with Gasteiger partial charge >= 0.3 is 0 Å². The van der Waals surface area contributed by atoms with Crippen LogP contribution in [-0.2, 0) is 6.54 Å². The molecule has 0 spiro atoms. The molecule has 0 radical (unpaired) electrons. The second kappa shape index (κ2) is 5.36. The molecular weight excluding hydrogens is 246 g/mol. The first-order chi connectivity index (χ1) is 8.56. The van der Waals surface area contributed by atoms with Crippen LogP contribution in [0.4, 0.5) is 5.82 Å². The molecule has 2 aromatic rings. The van der Waals surface area contributed by atoms with Crippen molar-refractivity contribution < 1.29 is 0 Å². The van der Waals surface area contributed by atoms with Gasteiger partial charge in [0.15, 0.2) is 0 Å². The van der Waals surface area contributed by atoms with Crippen LogP contribution in [0.5, 0.6) is 0 Å². The third-order valence-corrected chi connectivity index (χ3v) is 3.11. The number of aryl methyl sites for hydroxylation is 2. The fraction of sp³-hybridized carbons (Fsp3) is 0.286. The van der Waals surface area contributed by atoms with Gasteiger partial charge in [0.1, 0.15) is 16.8 Å². The van der Waals surface area contributed by atoms with Crippen molar-refractivity contribution in [3.8, 4) is 0 Å². The number of hydrogen-bond donors (Lipinski definition) is 1. The van der Waals surface area contributed by atoms with Gasteiger partial charge in [-0.1, -0.05) is 41.4 Å². The van der Waals surface area contributed by atoms with Crippen molar-refractivity contribution in [2.75, 3.05) is 5.32 Å². The Bertz CT molecular complexity index is 567. The van der Waals surface area contributed by atoms with Gasteiger partial charge in [-0.05, 0) is 26.3 Å². The van der Waals surface area contributed by atoms with Crippen molar-refractivity contribution in [2.45, 2.75) is 27.3 Å². The number of rotatable bonds is 3. The topological polar surface area (TPSA) is 37.8 Å². The van der Waals surface area contributed by atoms with E-state index in [1.807, 2.05) is 13.8 Å². The molecule has 3 nitrogen and oxygen atoms in total. The van der Waals surface area contributed by atoms with Crippen molar-refractivity contribution >= 4 is 17.4 Å². The van der Waals surface area contributed by atoms with Gasteiger partial charge in [0, 0.05) is 12.1 Å². The highest BCUT2D eigenvalue weighted by atomic mass is 35.5. The van der Waals surface area contributed by atoms with E-state index >= 15 is 0 Å². The summed E-state index contributed by atoms with van der Waals surface area (Å²) in [6, 6.07) is 8.38. The van der Waals surface area contributed by atoms with Crippen LogP contribution < -0.4 is 5.32 Å². The second-order valence-electron chi connectivity index (χ2n) is 4.38. The fourth-order valence-corrected chi connectivity index (χ4v) is 1.99. The minimum absolute atomic E-state index is 0.509. The van der Waals surface area contributed by atoms with Gasteiger partial charge in [0.2, 0.25) is 0 Å². The zero-order valence-electron chi connectivity index (χ0n) is 10.8. The molecule has 0 unspecified atom stereocenters. The van der Waals surface area contributed by atoms with E-state index in [4.69, 9.17) is 11.6 Å². The van der Waals surface area contributed by atoms with Crippen LogP contribution in [0.1, 0.15) is 22.5 Å². The monoisotopic (exact) mass is 261 g/mol. The summed E-state index contributed by atoms with van der Waals surface area (Å²) in [4.78, 5) is 8.48. The maximum absolute atomic E-state index is 6.03. The van der Waals surface area contributed by atoms with Crippen molar-refractivity contribution in [2.24, 2.45) is 0 Å². The van der Waals surface area contributed by atoms with Gasteiger partial charge in [0.25, 0.3) is 0 Å². The average Bonchev–Trinajstić information content (AvgIpc) is 2.32. The highest BCUT2D eigenvalue weighted by Crippen LogP contribution is 2.20. The molecule has 0 aliphatic carbocycles. The van der Waals surface area contributed by atoms with Gasteiger partial charge in [0.05, 0.1) is 0 Å². The largest absolute Gasteiger partial charge is 0.366 e. The molecule has 4 heteroatoms. The Morgan fingerprint density at radius 2 is 1.94 bits per heavy atom. The Hall–Kier alpha value is -1.61. The van der Waals surface area contributed by atoms with Crippen LogP contribution >= 0.6 is 11.6 Å². The SMILES string of the molecule is Cc1cccc(CNc2nc(C)nc(Cl)c2C)c1. The van der Waals surface area contributed by atoms with E-state index in [1.54, 1.807) is 0 Å². The van der Waals surface area contributed by atoms with Crippen LogP contribution in [0, 0.1) is 20.8 Å². The molecule has 0 bridgehead atoms. The van der Waals surface area contributed by atoms with Crippen molar-refractivity contribution in [3.63, 3.8) is 0 Å². The van der Waals surface area contributed by atoms with Crippen LogP contribution in [0.15, 0.2) is 24.3 Å². The Balaban J connectivity index is 2.15. The molecule has 0 aliphatic heterocycles. The molecule has 0 saturated carbocycles. The van der Waals surface area contributed by atoms with Gasteiger partial charge in [-0.2, -0.15) is 0 Å². The summed E-state index contributed by atoms with van der Waals surface area (Å²) in [7, 11) is 0. The molecule has 0 amide bonds. The maximum atomic E-state index is 6.03. The van der Waals surface area contributed by atoms with E-state index in [1.165, 1.54) is 11.1 Å². The van der Waals surface area contributed by atoms with E-state index in [0.29, 0.717) is 11.0 Å². The summed E-state index contributed by atoms with van der Waals surface area (Å²) >= 11 is 6.03. The number of anilines is 1. The van der Waals surface area contributed by atoms with Gasteiger partial charge < -0.3 is 5.32 Å². The Morgan fingerprint density at radius 1 is 1.17 bits per heavy atom. The first-order valence-electron chi connectivity index (χ1n) is 5.86. The molecule has 1 aromatic carbocycles. The van der Waals surface area contributed by atoms with Crippen LogP contribution in [-0.4, -0.2) is 9.97 Å². The predicted molar refractivity (Wildman–Crippen MR) is 75.0 cm³/mol. The van der Waals surface area contributed by atoms with Crippen LogP contribution in [0.2, 0.25) is 5.15 Å². The summed E-state index contributed by atoms with van der Waals surface area (Å²) in [6.45, 7) is 6.57. The van der Waals surface area contributed by atoms with Crippen molar-refractivity contribution in [1.29, 1.82) is 0 Å². The van der Waals surface area contributed by atoms with Crippen LogP contribution in [0.25, 0.3) is 0 Å². The lowest BCUT2D eigenvalue weighted by molar-refractivity contribution is 1.00. The molecule has 94 valence electrons. The number of nitrogens with one attached hydrogen (secondary N) is 1. The minimum atomic E-state index is 0.509. The van der Waals surface area contributed by atoms with E-state index in [9.17, 15) is 0 Å². The summed E-state index contributed by atoms with van der Waals surface area (Å²) < 4.78 is 0. The summed E-state index contributed by atoms with van der Waals surface area (Å²) in [5.41, 5.74) is 3.36. The highest BCUT2D eigenvalue weighted by molar-refractivity contribution is 6.30. The molecule has 0 fully saturated rings. The molecule has 0 saturated heterocycles. The lowest BCUT2D eigenvalue weighted by atomic mass is 10.1. The first-order valence-corrected chi connectivity index (χ1v) is 6.24. The van der Waals surface area contributed by atoms with Crippen LogP contribution in [0.3, 0.4) is 0 Å². The van der Waals surface area contributed by atoms with E-state index in [0.717, 1.165) is 17.9 Å². The third-order valence-electron chi connectivity index (χ3n) is 2.74. The smallest absolute Gasteiger partial charge is 0.137 e. The van der Waals surface area contributed by atoms with Crippen molar-refractivity contribution in [3.05, 3.63) is 51.9 Å². The van der Waals surface area contributed by atoms with Crippen molar-refractivity contribution in [1.82, 2.24) is 9.97 Å². The number of halogens is 1. The second-order valence-corrected chi connectivity index (χ2v) is 4.74. The number of aromatic nitrogens is 2. The van der Waals surface area contributed by atoms with Gasteiger partial charge in [-0.3, -0.25) is 0 Å². The summed E-state index contributed by atoms with van der Waals surface area (Å²) in [5.74, 6) is 1.48. The zero-order valence-corrected chi connectivity index (χ0v) is 11.5. The molecule has 2 rings (SSSR count). The molecule has 1 heterocycles. The summed E-state index contributed by atoms with van der Waals surface area (Å²) in [5, 5.41) is 3.81. The lowest BCUT2D eigenvalue weighted by Crippen LogP contribution is -2.06. The lowest BCUT2D eigenvalue weighted by Gasteiger charge is -2.10. The number of hydrogen-bond acceptors (Lipinski definition) is 3. The molecular formula is C14H16ClN3. The van der Waals surface area contributed by atoms with E-state index in [-0.39, 0.29) is 0 Å². The zero-order chi connectivity index (χ0) is 13.1. The normalized spacial score (nSPS) is 10.4. The number of benzene rings is 1. The fourth-order valence-electron chi connectivity index (χ4n) is 1.77. The van der Waals surface area contributed by atoms with E-state index < -0.39 is 0 Å². The predicted octanol–water partition coefficient (Wildman–Crippen LogP) is 3.67. The Labute approximate surface area is 112 Å². The highest BCUT2D eigenvalue weighted by Gasteiger charge is 2.06. The number of nitrogens with zero attached hydrogens (tertiary/aromatic N) is 2. The molecule has 18 heavy (non-hydrogen) atoms. The maximum Gasteiger partial charge on any atom is 0.137 e. The molecule has 1 aromatic heterocycles.